The predicted octanol–water partition coefficient (Wildman–Crippen LogP) is 3.11. The van der Waals surface area contributed by atoms with Gasteiger partial charge in [-0.25, -0.2) is 0 Å². The highest BCUT2D eigenvalue weighted by Gasteiger charge is 2.64. The van der Waals surface area contributed by atoms with E-state index in [0.717, 1.165) is 19.3 Å². The lowest BCUT2D eigenvalue weighted by molar-refractivity contribution is -0.171. The Kier molecular flexibility index (Phi) is 2.50. The summed E-state index contributed by atoms with van der Waals surface area (Å²) in [6.45, 7) is 8.57. The van der Waals surface area contributed by atoms with Crippen molar-refractivity contribution in [2.45, 2.75) is 65.4 Å². The molecule has 0 aromatic rings. The monoisotopic (exact) mass is 264 g/mol. The van der Waals surface area contributed by atoms with Crippen LogP contribution in [0, 0.1) is 22.7 Å². The van der Waals surface area contributed by atoms with Crippen molar-refractivity contribution in [1.82, 2.24) is 0 Å². The van der Waals surface area contributed by atoms with Crippen molar-refractivity contribution in [3.63, 3.8) is 0 Å². The Labute approximate surface area is 115 Å². The molecule has 19 heavy (non-hydrogen) atoms. The zero-order chi connectivity index (χ0) is 14.1. The van der Waals surface area contributed by atoms with Crippen molar-refractivity contribution >= 4 is 11.8 Å². The molecule has 1 heterocycles. The minimum atomic E-state index is -0.293. The van der Waals surface area contributed by atoms with Crippen LogP contribution in [0.15, 0.2) is 0 Å². The molecule has 2 unspecified atom stereocenters. The van der Waals surface area contributed by atoms with E-state index in [4.69, 9.17) is 4.74 Å². The maximum atomic E-state index is 12.3. The Morgan fingerprint density at radius 1 is 1.05 bits per heavy atom. The zero-order valence-corrected chi connectivity index (χ0v) is 12.4. The quantitative estimate of drug-likeness (QED) is 0.631. The van der Waals surface area contributed by atoms with Gasteiger partial charge < -0.3 is 4.74 Å². The third kappa shape index (κ3) is 1.56. The highest BCUT2D eigenvalue weighted by Crippen LogP contribution is 2.64. The van der Waals surface area contributed by atoms with Crippen molar-refractivity contribution in [3.8, 4) is 0 Å². The van der Waals surface area contributed by atoms with E-state index in [0.29, 0.717) is 24.5 Å². The summed E-state index contributed by atoms with van der Waals surface area (Å²) in [7, 11) is 0. The lowest BCUT2D eigenvalue weighted by Gasteiger charge is -2.58. The largest absolute Gasteiger partial charge is 0.459 e. The molecule has 0 amide bonds. The van der Waals surface area contributed by atoms with Gasteiger partial charge in [-0.2, -0.15) is 0 Å². The maximum Gasteiger partial charge on any atom is 0.306 e. The predicted molar refractivity (Wildman–Crippen MR) is 71.5 cm³/mol. The van der Waals surface area contributed by atoms with Gasteiger partial charge in [0.15, 0.2) is 0 Å². The van der Waals surface area contributed by atoms with Gasteiger partial charge in [-0.3, -0.25) is 9.59 Å². The van der Waals surface area contributed by atoms with Gasteiger partial charge in [0, 0.05) is 17.8 Å². The van der Waals surface area contributed by atoms with Gasteiger partial charge in [-0.15, -0.1) is 0 Å². The molecule has 0 N–H and O–H groups in total. The molecule has 2 aliphatic carbocycles. The number of Topliss-reactive ketones (excluding diaryl/α,β-unsaturated/α-hetero) is 1. The first-order valence-electron chi connectivity index (χ1n) is 7.45. The van der Waals surface area contributed by atoms with Crippen LogP contribution in [0.5, 0.6) is 0 Å². The lowest BCUT2D eigenvalue weighted by Crippen LogP contribution is -2.58. The second-order valence-electron chi connectivity index (χ2n) is 7.79. The summed E-state index contributed by atoms with van der Waals surface area (Å²) in [4.78, 5) is 24.0. The molecule has 3 fully saturated rings. The van der Waals surface area contributed by atoms with E-state index >= 15 is 0 Å². The van der Waals surface area contributed by atoms with Crippen LogP contribution in [0.3, 0.4) is 0 Å². The number of ketones is 1. The molecule has 3 heteroatoms. The SMILES string of the molecule is CC1(C)C(=O)CC[C@@]2(C)C1CC[C@@]1(C)OC(=O)CC21. The molecule has 0 aromatic heterocycles. The smallest absolute Gasteiger partial charge is 0.306 e. The third-order valence-electron chi connectivity index (χ3n) is 6.46. The van der Waals surface area contributed by atoms with Crippen LogP contribution >= 0.6 is 0 Å². The fraction of sp³-hybridized carbons (Fsp3) is 0.875. The molecule has 0 spiro atoms. The van der Waals surface area contributed by atoms with E-state index < -0.39 is 0 Å². The number of hydrogen-bond acceptors (Lipinski definition) is 3. The van der Waals surface area contributed by atoms with Crippen LogP contribution in [0.2, 0.25) is 0 Å². The topological polar surface area (TPSA) is 43.4 Å². The Bertz CT molecular complexity index is 449. The number of esters is 1. The normalized spacial score (nSPS) is 48.4. The summed E-state index contributed by atoms with van der Waals surface area (Å²) in [5.41, 5.74) is -0.477. The van der Waals surface area contributed by atoms with E-state index in [1.165, 1.54) is 0 Å². The minimum absolute atomic E-state index is 0.0518. The average molecular weight is 264 g/mol. The van der Waals surface area contributed by atoms with Crippen molar-refractivity contribution in [1.29, 1.82) is 0 Å². The summed E-state index contributed by atoms with van der Waals surface area (Å²) in [5, 5.41) is 0. The first-order chi connectivity index (χ1) is 8.70. The molecule has 1 aliphatic heterocycles. The molecule has 0 aromatic carbocycles. The lowest BCUT2D eigenvalue weighted by atomic mass is 9.45. The number of carbonyl (C=O) groups is 2. The molecule has 106 valence electrons. The molecule has 2 saturated carbocycles. The van der Waals surface area contributed by atoms with Crippen molar-refractivity contribution in [2.75, 3.05) is 0 Å². The fourth-order valence-electron chi connectivity index (χ4n) is 5.35. The Morgan fingerprint density at radius 3 is 2.42 bits per heavy atom. The van der Waals surface area contributed by atoms with Crippen LogP contribution in [-0.4, -0.2) is 17.4 Å². The number of ether oxygens (including phenoxy) is 1. The molecule has 3 nitrogen and oxygen atoms in total. The van der Waals surface area contributed by atoms with Crippen molar-refractivity contribution in [2.24, 2.45) is 22.7 Å². The van der Waals surface area contributed by atoms with Gasteiger partial charge in [0.25, 0.3) is 0 Å². The van der Waals surface area contributed by atoms with E-state index in [2.05, 4.69) is 27.7 Å². The summed E-state index contributed by atoms with van der Waals surface area (Å²) in [5.74, 6) is 1.00. The van der Waals surface area contributed by atoms with E-state index in [-0.39, 0.29) is 28.3 Å². The number of fused-ring (bicyclic) bond motifs is 3. The molecular formula is C16H24O3. The molecule has 1 saturated heterocycles. The van der Waals surface area contributed by atoms with Gasteiger partial charge in [-0.1, -0.05) is 20.8 Å². The van der Waals surface area contributed by atoms with Gasteiger partial charge in [0.1, 0.15) is 11.4 Å². The Balaban J connectivity index is 2.03. The van der Waals surface area contributed by atoms with Gasteiger partial charge in [0.2, 0.25) is 0 Å². The standard InChI is InChI=1S/C16H24O3/c1-14(2)10-5-8-16(4)11(9-13(18)19-16)15(10,3)7-6-12(14)17/h10-11H,5-9H2,1-4H3/t10?,11?,15-,16+/m0/s1. The third-order valence-corrected chi connectivity index (χ3v) is 6.46. The number of hydrogen-bond donors (Lipinski definition) is 0. The summed E-state index contributed by atoms with van der Waals surface area (Å²) in [6.07, 6.45) is 4.00. The molecular weight excluding hydrogens is 240 g/mol. The summed E-state index contributed by atoms with van der Waals surface area (Å²) >= 11 is 0. The highest BCUT2D eigenvalue weighted by atomic mass is 16.6. The Morgan fingerprint density at radius 2 is 1.74 bits per heavy atom. The summed E-state index contributed by atoms with van der Waals surface area (Å²) in [6, 6.07) is 0. The van der Waals surface area contributed by atoms with Crippen LogP contribution < -0.4 is 0 Å². The average Bonchev–Trinajstić information content (AvgIpc) is 2.61. The summed E-state index contributed by atoms with van der Waals surface area (Å²) < 4.78 is 5.64. The minimum Gasteiger partial charge on any atom is -0.459 e. The van der Waals surface area contributed by atoms with Gasteiger partial charge in [-0.05, 0) is 37.5 Å². The van der Waals surface area contributed by atoms with Gasteiger partial charge >= 0.3 is 5.97 Å². The zero-order valence-electron chi connectivity index (χ0n) is 12.4. The maximum absolute atomic E-state index is 12.3. The first-order valence-corrected chi connectivity index (χ1v) is 7.45. The van der Waals surface area contributed by atoms with Crippen LogP contribution in [0.25, 0.3) is 0 Å². The molecule has 3 rings (SSSR count). The second-order valence-corrected chi connectivity index (χ2v) is 7.79. The second kappa shape index (κ2) is 3.62. The molecule has 3 aliphatic rings. The van der Waals surface area contributed by atoms with Crippen LogP contribution in [0.4, 0.5) is 0 Å². The molecule has 0 bridgehead atoms. The first kappa shape index (κ1) is 13.1. The number of carbonyl (C=O) groups excluding carboxylic acids is 2. The number of rotatable bonds is 0. The van der Waals surface area contributed by atoms with Crippen LogP contribution in [-0.2, 0) is 14.3 Å². The molecule has 4 atom stereocenters. The Hall–Kier alpha value is -0.860. The van der Waals surface area contributed by atoms with Crippen molar-refractivity contribution < 1.29 is 14.3 Å². The van der Waals surface area contributed by atoms with Crippen LogP contribution in [0.1, 0.15) is 59.8 Å². The highest BCUT2D eigenvalue weighted by molar-refractivity contribution is 5.85. The van der Waals surface area contributed by atoms with Crippen molar-refractivity contribution in [3.05, 3.63) is 0 Å². The van der Waals surface area contributed by atoms with Gasteiger partial charge in [0.05, 0.1) is 6.42 Å². The van der Waals surface area contributed by atoms with E-state index in [9.17, 15) is 9.59 Å². The van der Waals surface area contributed by atoms with E-state index in [1.807, 2.05) is 0 Å². The fourth-order valence-corrected chi connectivity index (χ4v) is 5.35. The molecule has 0 radical (unpaired) electrons. The van der Waals surface area contributed by atoms with E-state index in [1.54, 1.807) is 0 Å².